The van der Waals surface area contributed by atoms with E-state index in [1.807, 2.05) is 6.07 Å². The molecule has 3 rings (SSSR count). The third-order valence-electron chi connectivity index (χ3n) is 4.54. The Morgan fingerprint density at radius 1 is 1.29 bits per heavy atom. The fourth-order valence-corrected chi connectivity index (χ4v) is 3.36. The summed E-state index contributed by atoms with van der Waals surface area (Å²) < 4.78 is 18.6. The summed E-state index contributed by atoms with van der Waals surface area (Å²) in [4.78, 5) is 16.2. The minimum absolute atomic E-state index is 0.00320. The van der Waals surface area contributed by atoms with E-state index in [1.54, 1.807) is 0 Å². The molecule has 4 nitrogen and oxygen atoms in total. The molecule has 0 aromatic heterocycles. The van der Waals surface area contributed by atoms with Crippen molar-refractivity contribution in [1.29, 1.82) is 0 Å². The van der Waals surface area contributed by atoms with Crippen molar-refractivity contribution < 1.29 is 13.9 Å². The van der Waals surface area contributed by atoms with Crippen LogP contribution < -0.4 is 4.90 Å². The lowest BCUT2D eigenvalue weighted by molar-refractivity contribution is 0.0595. The van der Waals surface area contributed by atoms with Gasteiger partial charge < -0.3 is 9.64 Å². The van der Waals surface area contributed by atoms with Crippen LogP contribution >= 0.6 is 0 Å². The first-order chi connectivity index (χ1) is 10.2. The van der Waals surface area contributed by atoms with Gasteiger partial charge in [-0.15, -0.1) is 0 Å². The summed E-state index contributed by atoms with van der Waals surface area (Å²) in [5.41, 5.74) is 0.846. The minimum Gasteiger partial charge on any atom is -0.465 e. The number of hydrogen-bond acceptors (Lipinski definition) is 4. The molecule has 0 amide bonds. The SMILES string of the molecule is COC(=O)c1ccc(N2CCC(N3CCCC3)C2)cc1F. The molecule has 0 radical (unpaired) electrons. The van der Waals surface area contributed by atoms with Crippen molar-refractivity contribution in [3.63, 3.8) is 0 Å². The largest absolute Gasteiger partial charge is 0.465 e. The van der Waals surface area contributed by atoms with Gasteiger partial charge in [0.1, 0.15) is 5.82 Å². The molecule has 1 aromatic carbocycles. The standard InChI is InChI=1S/C16H21FN2O2/c1-21-16(20)14-5-4-12(10-15(14)17)19-9-6-13(11-19)18-7-2-3-8-18/h4-5,10,13H,2-3,6-9,11H2,1H3. The summed E-state index contributed by atoms with van der Waals surface area (Å²) in [5, 5.41) is 0. The summed E-state index contributed by atoms with van der Waals surface area (Å²) in [6.07, 6.45) is 3.71. The van der Waals surface area contributed by atoms with E-state index in [9.17, 15) is 9.18 Å². The first-order valence-corrected chi connectivity index (χ1v) is 7.56. The topological polar surface area (TPSA) is 32.8 Å². The van der Waals surface area contributed by atoms with E-state index in [0.29, 0.717) is 6.04 Å². The number of methoxy groups -OCH3 is 1. The zero-order chi connectivity index (χ0) is 14.8. The van der Waals surface area contributed by atoms with E-state index in [2.05, 4.69) is 14.5 Å². The number of benzene rings is 1. The van der Waals surface area contributed by atoms with Gasteiger partial charge in [-0.2, -0.15) is 0 Å². The predicted octanol–water partition coefficient (Wildman–Crippen LogP) is 2.29. The Kier molecular flexibility index (Phi) is 4.10. The number of likely N-dealkylation sites (tertiary alicyclic amines) is 1. The van der Waals surface area contributed by atoms with E-state index >= 15 is 0 Å². The van der Waals surface area contributed by atoms with Gasteiger partial charge >= 0.3 is 5.97 Å². The van der Waals surface area contributed by atoms with Gasteiger partial charge in [-0.1, -0.05) is 0 Å². The Morgan fingerprint density at radius 2 is 2.05 bits per heavy atom. The smallest absolute Gasteiger partial charge is 0.340 e. The molecule has 1 atom stereocenters. The molecule has 2 aliphatic heterocycles. The normalized spacial score (nSPS) is 22.8. The second kappa shape index (κ2) is 6.02. The first kappa shape index (κ1) is 14.3. The molecule has 0 bridgehead atoms. The van der Waals surface area contributed by atoms with Gasteiger partial charge in [0, 0.05) is 24.8 Å². The molecule has 0 aliphatic carbocycles. The van der Waals surface area contributed by atoms with Gasteiger partial charge in [-0.25, -0.2) is 9.18 Å². The molecule has 2 aliphatic rings. The van der Waals surface area contributed by atoms with E-state index in [4.69, 9.17) is 0 Å². The van der Waals surface area contributed by atoms with Gasteiger partial charge in [-0.05, 0) is 50.6 Å². The highest BCUT2D eigenvalue weighted by Crippen LogP contribution is 2.26. The number of hydrogen-bond donors (Lipinski definition) is 0. The van der Waals surface area contributed by atoms with Gasteiger partial charge in [0.2, 0.25) is 0 Å². The number of nitrogens with zero attached hydrogens (tertiary/aromatic N) is 2. The zero-order valence-electron chi connectivity index (χ0n) is 12.3. The van der Waals surface area contributed by atoms with Crippen LogP contribution in [0, 0.1) is 5.82 Å². The van der Waals surface area contributed by atoms with Gasteiger partial charge in [0.05, 0.1) is 12.7 Å². The van der Waals surface area contributed by atoms with Crippen molar-refractivity contribution in [2.75, 3.05) is 38.2 Å². The lowest BCUT2D eigenvalue weighted by Gasteiger charge is -2.24. The maximum Gasteiger partial charge on any atom is 0.340 e. The fourth-order valence-electron chi connectivity index (χ4n) is 3.36. The van der Waals surface area contributed by atoms with Crippen LogP contribution in [0.1, 0.15) is 29.6 Å². The van der Waals surface area contributed by atoms with Crippen molar-refractivity contribution in [3.05, 3.63) is 29.6 Å². The molecule has 114 valence electrons. The Morgan fingerprint density at radius 3 is 2.71 bits per heavy atom. The van der Waals surface area contributed by atoms with Crippen molar-refractivity contribution in [3.8, 4) is 0 Å². The van der Waals surface area contributed by atoms with E-state index in [1.165, 1.54) is 45.2 Å². The number of esters is 1. The lowest BCUT2D eigenvalue weighted by atomic mass is 10.2. The van der Waals surface area contributed by atoms with Crippen LogP contribution in [0.15, 0.2) is 18.2 Å². The highest BCUT2D eigenvalue weighted by Gasteiger charge is 2.29. The van der Waals surface area contributed by atoms with Crippen molar-refractivity contribution >= 4 is 11.7 Å². The average Bonchev–Trinajstić information content (AvgIpc) is 3.17. The second-order valence-corrected chi connectivity index (χ2v) is 5.79. The maximum absolute atomic E-state index is 14.0. The molecular formula is C16H21FN2O2. The molecule has 0 N–H and O–H groups in total. The molecule has 2 heterocycles. The number of anilines is 1. The van der Waals surface area contributed by atoms with Crippen LogP contribution in [0.2, 0.25) is 0 Å². The maximum atomic E-state index is 14.0. The summed E-state index contributed by atoms with van der Waals surface area (Å²) >= 11 is 0. The summed E-state index contributed by atoms with van der Waals surface area (Å²) in [7, 11) is 1.26. The van der Waals surface area contributed by atoms with Crippen molar-refractivity contribution in [2.45, 2.75) is 25.3 Å². The number of ether oxygens (including phenoxy) is 1. The molecule has 0 spiro atoms. The fraction of sp³-hybridized carbons (Fsp3) is 0.562. The molecule has 2 saturated heterocycles. The van der Waals surface area contributed by atoms with Gasteiger partial charge in [-0.3, -0.25) is 4.90 Å². The third kappa shape index (κ3) is 2.88. The number of carbonyl (C=O) groups is 1. The van der Waals surface area contributed by atoms with Crippen molar-refractivity contribution in [2.24, 2.45) is 0 Å². The van der Waals surface area contributed by atoms with Gasteiger partial charge in [0.15, 0.2) is 0 Å². The summed E-state index contributed by atoms with van der Waals surface area (Å²) in [6.45, 7) is 4.26. The Balaban J connectivity index is 1.70. The van der Waals surface area contributed by atoms with Crippen LogP contribution in [0.4, 0.5) is 10.1 Å². The lowest BCUT2D eigenvalue weighted by Crippen LogP contribution is -2.35. The minimum atomic E-state index is -0.629. The summed E-state index contributed by atoms with van der Waals surface area (Å²) in [6, 6.07) is 5.34. The Labute approximate surface area is 124 Å². The van der Waals surface area contributed by atoms with Crippen LogP contribution in [0.5, 0.6) is 0 Å². The molecule has 0 saturated carbocycles. The number of rotatable bonds is 3. The number of carbonyl (C=O) groups excluding carboxylic acids is 1. The molecule has 1 aromatic rings. The number of halogens is 1. The Hall–Kier alpha value is -1.62. The average molecular weight is 292 g/mol. The molecule has 21 heavy (non-hydrogen) atoms. The molecular weight excluding hydrogens is 271 g/mol. The quantitative estimate of drug-likeness (QED) is 0.800. The van der Waals surface area contributed by atoms with E-state index in [-0.39, 0.29) is 5.56 Å². The van der Waals surface area contributed by atoms with E-state index < -0.39 is 11.8 Å². The highest BCUT2D eigenvalue weighted by atomic mass is 19.1. The van der Waals surface area contributed by atoms with E-state index in [0.717, 1.165) is 25.2 Å². The van der Waals surface area contributed by atoms with Crippen LogP contribution in [-0.4, -0.2) is 50.2 Å². The van der Waals surface area contributed by atoms with Crippen LogP contribution in [-0.2, 0) is 4.74 Å². The van der Waals surface area contributed by atoms with Gasteiger partial charge in [0.25, 0.3) is 0 Å². The molecule has 2 fully saturated rings. The molecule has 5 heteroatoms. The monoisotopic (exact) mass is 292 g/mol. The van der Waals surface area contributed by atoms with Crippen molar-refractivity contribution in [1.82, 2.24) is 4.90 Å². The second-order valence-electron chi connectivity index (χ2n) is 5.79. The zero-order valence-corrected chi connectivity index (χ0v) is 12.3. The van der Waals surface area contributed by atoms with Crippen LogP contribution in [0.25, 0.3) is 0 Å². The third-order valence-corrected chi connectivity index (χ3v) is 4.54. The Bertz CT molecular complexity index is 529. The predicted molar refractivity (Wildman–Crippen MR) is 79.2 cm³/mol. The molecule has 1 unspecified atom stereocenters. The van der Waals surface area contributed by atoms with Crippen LogP contribution in [0.3, 0.4) is 0 Å². The first-order valence-electron chi connectivity index (χ1n) is 7.56. The summed E-state index contributed by atoms with van der Waals surface area (Å²) in [5.74, 6) is -1.14. The highest BCUT2D eigenvalue weighted by molar-refractivity contribution is 5.90.